The zero-order valence-electron chi connectivity index (χ0n) is 14.0. The van der Waals surface area contributed by atoms with Crippen molar-refractivity contribution in [1.29, 1.82) is 0 Å². The summed E-state index contributed by atoms with van der Waals surface area (Å²) in [7, 11) is 2.82. The smallest absolute Gasteiger partial charge is 0.318 e. The number of nitrogens with two attached hydrogens (primary N) is 1. The van der Waals surface area contributed by atoms with Crippen LogP contribution < -0.4 is 15.8 Å². The minimum absolute atomic E-state index is 0. The Morgan fingerprint density at radius 3 is 2.40 bits per heavy atom. The van der Waals surface area contributed by atoms with E-state index in [4.69, 9.17) is 15.2 Å². The van der Waals surface area contributed by atoms with Crippen molar-refractivity contribution in [2.75, 3.05) is 25.3 Å². The molecule has 6 nitrogen and oxygen atoms in total. The number of esters is 1. The van der Waals surface area contributed by atoms with Gasteiger partial charge in [0.15, 0.2) is 0 Å². The van der Waals surface area contributed by atoms with Crippen LogP contribution >= 0.6 is 12.4 Å². The van der Waals surface area contributed by atoms with Crippen molar-refractivity contribution < 1.29 is 19.1 Å². The van der Waals surface area contributed by atoms with Crippen LogP contribution in [0.15, 0.2) is 48.5 Å². The second-order valence-corrected chi connectivity index (χ2v) is 5.24. The van der Waals surface area contributed by atoms with Gasteiger partial charge in [0.2, 0.25) is 5.91 Å². The highest BCUT2D eigenvalue weighted by atomic mass is 35.5. The predicted molar refractivity (Wildman–Crippen MR) is 98.9 cm³/mol. The van der Waals surface area contributed by atoms with Crippen molar-refractivity contribution in [2.45, 2.75) is 6.42 Å². The monoisotopic (exact) mass is 364 g/mol. The summed E-state index contributed by atoms with van der Waals surface area (Å²) in [6.07, 6.45) is 0.213. The molecule has 0 heterocycles. The first-order valence-electron chi connectivity index (χ1n) is 7.40. The molecule has 0 aliphatic rings. The van der Waals surface area contributed by atoms with Crippen molar-refractivity contribution in [1.82, 2.24) is 0 Å². The fourth-order valence-electron chi connectivity index (χ4n) is 2.26. The van der Waals surface area contributed by atoms with E-state index in [2.05, 4.69) is 5.32 Å². The molecule has 0 bridgehead atoms. The van der Waals surface area contributed by atoms with E-state index in [1.165, 1.54) is 7.11 Å². The fraction of sp³-hybridized carbons (Fsp3) is 0.222. The normalized spacial score (nSPS) is 11.0. The molecule has 0 aromatic heterocycles. The van der Waals surface area contributed by atoms with Crippen LogP contribution in [0.1, 0.15) is 5.56 Å². The van der Waals surface area contributed by atoms with Crippen LogP contribution in [-0.4, -0.2) is 26.1 Å². The van der Waals surface area contributed by atoms with Gasteiger partial charge in [-0.2, -0.15) is 0 Å². The zero-order valence-corrected chi connectivity index (χ0v) is 14.8. The van der Waals surface area contributed by atoms with Crippen molar-refractivity contribution in [2.24, 2.45) is 5.92 Å². The Kier molecular flexibility index (Phi) is 7.75. The third kappa shape index (κ3) is 5.69. The molecule has 0 aliphatic carbocycles. The third-order valence-electron chi connectivity index (χ3n) is 3.55. The summed E-state index contributed by atoms with van der Waals surface area (Å²) in [5.41, 5.74) is 7.58. The first kappa shape index (κ1) is 20.3. The molecule has 2 aromatic rings. The lowest BCUT2D eigenvalue weighted by Gasteiger charge is -2.15. The summed E-state index contributed by atoms with van der Waals surface area (Å²) < 4.78 is 9.93. The highest BCUT2D eigenvalue weighted by Gasteiger charge is 2.28. The Morgan fingerprint density at radius 2 is 1.80 bits per heavy atom. The standard InChI is InChI=1S/C18H20N2O4.ClH/c1-23-15-5-3-4-12(10-15)11-16(18(22)24-2)17(21)20-14-8-6-13(19)7-9-14;/h3-10,16H,11,19H2,1-2H3,(H,20,21);1H. The summed E-state index contributed by atoms with van der Waals surface area (Å²) in [5, 5.41) is 2.71. The molecule has 0 saturated carbocycles. The molecule has 134 valence electrons. The van der Waals surface area contributed by atoms with Gasteiger partial charge >= 0.3 is 5.97 Å². The van der Waals surface area contributed by atoms with Crippen LogP contribution in [0.25, 0.3) is 0 Å². The number of hydrogen-bond donors (Lipinski definition) is 2. The number of methoxy groups -OCH3 is 2. The Balaban J connectivity index is 0.00000312. The van der Waals surface area contributed by atoms with Crippen molar-refractivity contribution in [3.8, 4) is 5.75 Å². The summed E-state index contributed by atoms with van der Waals surface area (Å²) in [5.74, 6) is -1.32. The topological polar surface area (TPSA) is 90.6 Å². The molecule has 1 unspecified atom stereocenters. The van der Waals surface area contributed by atoms with Crippen LogP contribution in [0.3, 0.4) is 0 Å². The molecule has 0 fully saturated rings. The van der Waals surface area contributed by atoms with E-state index in [9.17, 15) is 9.59 Å². The van der Waals surface area contributed by atoms with Gasteiger partial charge < -0.3 is 20.5 Å². The van der Waals surface area contributed by atoms with E-state index in [1.54, 1.807) is 49.6 Å². The molecular weight excluding hydrogens is 344 g/mol. The lowest BCUT2D eigenvalue weighted by atomic mass is 9.98. The summed E-state index contributed by atoms with van der Waals surface area (Å²) in [6.45, 7) is 0. The molecular formula is C18H21ClN2O4. The highest BCUT2D eigenvalue weighted by Crippen LogP contribution is 2.19. The highest BCUT2D eigenvalue weighted by molar-refractivity contribution is 6.05. The van der Waals surface area contributed by atoms with Gasteiger partial charge in [0.25, 0.3) is 0 Å². The quantitative estimate of drug-likeness (QED) is 0.467. The Morgan fingerprint density at radius 1 is 1.12 bits per heavy atom. The Labute approximate surface area is 152 Å². The number of ether oxygens (including phenoxy) is 2. The van der Waals surface area contributed by atoms with Crippen LogP contribution in [0.5, 0.6) is 5.75 Å². The zero-order chi connectivity index (χ0) is 17.5. The Hall–Kier alpha value is -2.73. The van der Waals surface area contributed by atoms with Crippen molar-refractivity contribution in [3.63, 3.8) is 0 Å². The van der Waals surface area contributed by atoms with E-state index in [0.717, 1.165) is 5.56 Å². The van der Waals surface area contributed by atoms with Crippen LogP contribution in [0, 0.1) is 5.92 Å². The number of carbonyl (C=O) groups is 2. The minimum Gasteiger partial charge on any atom is -0.497 e. The molecule has 1 amide bonds. The number of rotatable bonds is 6. The molecule has 25 heavy (non-hydrogen) atoms. The average Bonchev–Trinajstić information content (AvgIpc) is 2.61. The number of nitrogen functional groups attached to an aromatic ring is 1. The molecule has 0 radical (unpaired) electrons. The largest absolute Gasteiger partial charge is 0.497 e. The van der Waals surface area contributed by atoms with Gasteiger partial charge in [-0.3, -0.25) is 9.59 Å². The van der Waals surface area contributed by atoms with Gasteiger partial charge in [-0.25, -0.2) is 0 Å². The van der Waals surface area contributed by atoms with E-state index < -0.39 is 17.8 Å². The van der Waals surface area contributed by atoms with E-state index in [1.807, 2.05) is 6.07 Å². The number of carbonyl (C=O) groups excluding carboxylic acids is 2. The van der Waals surface area contributed by atoms with Crippen LogP contribution in [-0.2, 0) is 20.7 Å². The molecule has 0 spiro atoms. The lowest BCUT2D eigenvalue weighted by molar-refractivity contribution is -0.148. The van der Waals surface area contributed by atoms with Crippen LogP contribution in [0.2, 0.25) is 0 Å². The molecule has 3 N–H and O–H groups in total. The van der Waals surface area contributed by atoms with Gasteiger partial charge in [-0.1, -0.05) is 12.1 Å². The second kappa shape index (κ2) is 9.54. The SMILES string of the molecule is COC(=O)C(Cc1cccc(OC)c1)C(=O)Nc1ccc(N)cc1.Cl. The number of nitrogens with one attached hydrogen (secondary N) is 1. The first-order valence-corrected chi connectivity index (χ1v) is 7.40. The third-order valence-corrected chi connectivity index (χ3v) is 3.55. The van der Waals surface area contributed by atoms with Gasteiger partial charge in [-0.15, -0.1) is 12.4 Å². The first-order chi connectivity index (χ1) is 11.5. The molecule has 2 aromatic carbocycles. The number of amides is 1. The maximum atomic E-state index is 12.5. The predicted octanol–water partition coefficient (Wildman–Crippen LogP) is 2.67. The van der Waals surface area contributed by atoms with E-state index >= 15 is 0 Å². The van der Waals surface area contributed by atoms with Gasteiger partial charge in [0, 0.05) is 11.4 Å². The molecule has 0 aliphatic heterocycles. The van der Waals surface area contributed by atoms with Gasteiger partial charge in [0.05, 0.1) is 14.2 Å². The second-order valence-electron chi connectivity index (χ2n) is 5.24. The lowest BCUT2D eigenvalue weighted by Crippen LogP contribution is -2.32. The van der Waals surface area contributed by atoms with Crippen molar-refractivity contribution >= 4 is 35.7 Å². The Bertz CT molecular complexity index is 719. The number of anilines is 2. The maximum Gasteiger partial charge on any atom is 0.318 e. The molecule has 1 atom stereocenters. The van der Waals surface area contributed by atoms with Gasteiger partial charge in [-0.05, 0) is 48.4 Å². The summed E-state index contributed by atoms with van der Waals surface area (Å²) in [4.78, 5) is 24.5. The number of halogens is 1. The van der Waals surface area contributed by atoms with Crippen LogP contribution in [0.4, 0.5) is 11.4 Å². The minimum atomic E-state index is -0.959. The maximum absolute atomic E-state index is 12.5. The molecule has 7 heteroatoms. The number of benzene rings is 2. The fourth-order valence-corrected chi connectivity index (χ4v) is 2.26. The summed E-state index contributed by atoms with van der Waals surface area (Å²) >= 11 is 0. The molecule has 2 rings (SSSR count). The van der Waals surface area contributed by atoms with E-state index in [-0.39, 0.29) is 18.8 Å². The van der Waals surface area contributed by atoms with Gasteiger partial charge in [0.1, 0.15) is 11.7 Å². The van der Waals surface area contributed by atoms with Crippen molar-refractivity contribution in [3.05, 3.63) is 54.1 Å². The summed E-state index contributed by atoms with van der Waals surface area (Å²) in [6, 6.07) is 13.9. The number of hydrogen-bond acceptors (Lipinski definition) is 5. The average molecular weight is 365 g/mol. The van der Waals surface area contributed by atoms with E-state index in [0.29, 0.717) is 17.1 Å². The molecule has 0 saturated heterocycles.